The zero-order chi connectivity index (χ0) is 16.3. The molecule has 5 nitrogen and oxygen atoms in total. The molecule has 22 heavy (non-hydrogen) atoms. The molecule has 0 unspecified atom stereocenters. The molecule has 0 saturated carbocycles. The van der Waals surface area contributed by atoms with Crippen LogP contribution in [0.2, 0.25) is 0 Å². The summed E-state index contributed by atoms with van der Waals surface area (Å²) in [7, 11) is 0. The van der Waals surface area contributed by atoms with Gasteiger partial charge in [0, 0.05) is 25.5 Å². The molecule has 0 spiro atoms. The lowest BCUT2D eigenvalue weighted by Crippen LogP contribution is -2.41. The number of benzene rings is 1. The van der Waals surface area contributed by atoms with E-state index in [4.69, 9.17) is 14.2 Å². The van der Waals surface area contributed by atoms with Crippen LogP contribution in [0.25, 0.3) is 6.08 Å². The molecule has 2 rings (SSSR count). The molecule has 0 atom stereocenters. The van der Waals surface area contributed by atoms with Gasteiger partial charge in [0.15, 0.2) is 0 Å². The SMILES string of the molecule is CCCOc1cc(F)ccc1C=C1C(=O)OC(C)(C)OC1=O. The molecule has 1 aromatic carbocycles. The number of cyclic esters (lactones) is 2. The highest BCUT2D eigenvalue weighted by Crippen LogP contribution is 2.27. The Balaban J connectivity index is 2.36. The number of hydrogen-bond acceptors (Lipinski definition) is 5. The number of rotatable bonds is 4. The van der Waals surface area contributed by atoms with Crippen LogP contribution in [0.15, 0.2) is 23.8 Å². The fraction of sp³-hybridized carbons (Fsp3) is 0.375. The van der Waals surface area contributed by atoms with Gasteiger partial charge in [0.1, 0.15) is 17.1 Å². The van der Waals surface area contributed by atoms with Gasteiger partial charge in [-0.2, -0.15) is 0 Å². The van der Waals surface area contributed by atoms with Crippen LogP contribution < -0.4 is 4.74 Å². The molecule has 118 valence electrons. The molecule has 1 fully saturated rings. The molecule has 0 bridgehead atoms. The lowest BCUT2D eigenvalue weighted by atomic mass is 10.1. The van der Waals surface area contributed by atoms with Crippen molar-refractivity contribution in [2.45, 2.75) is 33.0 Å². The molecule has 1 heterocycles. The van der Waals surface area contributed by atoms with Crippen molar-refractivity contribution in [1.82, 2.24) is 0 Å². The Kier molecular flexibility index (Phi) is 4.49. The topological polar surface area (TPSA) is 61.8 Å². The van der Waals surface area contributed by atoms with Crippen molar-refractivity contribution in [2.24, 2.45) is 0 Å². The Hall–Kier alpha value is -2.37. The van der Waals surface area contributed by atoms with Crippen LogP contribution in [0, 0.1) is 5.82 Å². The van der Waals surface area contributed by atoms with Gasteiger partial charge in [0.05, 0.1) is 6.61 Å². The van der Waals surface area contributed by atoms with E-state index in [0.717, 1.165) is 6.42 Å². The first kappa shape index (κ1) is 16.0. The molecule has 0 radical (unpaired) electrons. The number of halogens is 1. The van der Waals surface area contributed by atoms with E-state index in [-0.39, 0.29) is 11.3 Å². The van der Waals surface area contributed by atoms with Crippen LogP contribution in [-0.2, 0) is 19.1 Å². The second-order valence-electron chi connectivity index (χ2n) is 5.27. The number of hydrogen-bond donors (Lipinski definition) is 0. The maximum Gasteiger partial charge on any atom is 0.348 e. The molecule has 1 aliphatic rings. The molecular formula is C16H17FO5. The fourth-order valence-corrected chi connectivity index (χ4v) is 1.90. The quantitative estimate of drug-likeness (QED) is 0.486. The van der Waals surface area contributed by atoms with Gasteiger partial charge < -0.3 is 14.2 Å². The first-order valence-corrected chi connectivity index (χ1v) is 6.93. The number of ether oxygens (including phenoxy) is 3. The molecule has 0 aromatic heterocycles. The molecule has 0 amide bonds. The normalized spacial score (nSPS) is 16.8. The van der Waals surface area contributed by atoms with Crippen molar-refractivity contribution in [3.63, 3.8) is 0 Å². The summed E-state index contributed by atoms with van der Waals surface area (Å²) in [5.74, 6) is -3.09. The highest BCUT2D eigenvalue weighted by Gasteiger charge is 2.38. The first-order valence-electron chi connectivity index (χ1n) is 6.93. The van der Waals surface area contributed by atoms with E-state index in [2.05, 4.69) is 0 Å². The lowest BCUT2D eigenvalue weighted by Gasteiger charge is -2.29. The average molecular weight is 308 g/mol. The van der Waals surface area contributed by atoms with Crippen molar-refractivity contribution < 1.29 is 28.2 Å². The Labute approximate surface area is 127 Å². The molecule has 6 heteroatoms. The van der Waals surface area contributed by atoms with E-state index in [9.17, 15) is 14.0 Å². The number of carbonyl (C=O) groups excluding carboxylic acids is 2. The Morgan fingerprint density at radius 1 is 1.23 bits per heavy atom. The van der Waals surface area contributed by atoms with Crippen molar-refractivity contribution in [3.05, 3.63) is 35.2 Å². The third-order valence-electron chi connectivity index (χ3n) is 2.85. The molecule has 1 aliphatic heterocycles. The minimum atomic E-state index is -1.30. The Bertz CT molecular complexity index is 611. The maximum absolute atomic E-state index is 13.3. The van der Waals surface area contributed by atoms with Crippen LogP contribution in [-0.4, -0.2) is 24.3 Å². The molecule has 1 saturated heterocycles. The molecule has 0 N–H and O–H groups in total. The summed E-state index contributed by atoms with van der Waals surface area (Å²) >= 11 is 0. The lowest BCUT2D eigenvalue weighted by molar-refractivity contribution is -0.222. The van der Waals surface area contributed by atoms with Crippen molar-refractivity contribution in [1.29, 1.82) is 0 Å². The molecule has 0 aliphatic carbocycles. The van der Waals surface area contributed by atoms with Crippen LogP contribution in [0.1, 0.15) is 32.8 Å². The second-order valence-corrected chi connectivity index (χ2v) is 5.27. The van der Waals surface area contributed by atoms with Crippen molar-refractivity contribution >= 4 is 18.0 Å². The predicted octanol–water partition coefficient (Wildman–Crippen LogP) is 2.83. The monoisotopic (exact) mass is 308 g/mol. The van der Waals surface area contributed by atoms with E-state index in [1.54, 1.807) is 0 Å². The third-order valence-corrected chi connectivity index (χ3v) is 2.85. The number of carbonyl (C=O) groups is 2. The van der Waals surface area contributed by atoms with E-state index in [0.29, 0.717) is 12.2 Å². The standard InChI is InChI=1S/C16H17FO5/c1-4-7-20-13-9-11(17)6-5-10(13)8-12-14(18)21-16(2,3)22-15(12)19/h5-6,8-9H,4,7H2,1-3H3. The summed E-state index contributed by atoms with van der Waals surface area (Å²) < 4.78 is 28.8. The maximum atomic E-state index is 13.3. The smallest absolute Gasteiger partial charge is 0.348 e. The van der Waals surface area contributed by atoms with Gasteiger partial charge in [0.25, 0.3) is 5.79 Å². The van der Waals surface area contributed by atoms with Gasteiger partial charge in [-0.05, 0) is 24.6 Å². The summed E-state index contributed by atoms with van der Waals surface area (Å²) in [6.45, 7) is 5.23. The Morgan fingerprint density at radius 2 is 1.86 bits per heavy atom. The highest BCUT2D eigenvalue weighted by molar-refractivity contribution is 6.19. The molecule has 1 aromatic rings. The van der Waals surface area contributed by atoms with Crippen molar-refractivity contribution in [2.75, 3.05) is 6.61 Å². The zero-order valence-electron chi connectivity index (χ0n) is 12.6. The zero-order valence-corrected chi connectivity index (χ0v) is 12.6. The van der Waals surface area contributed by atoms with Gasteiger partial charge in [-0.15, -0.1) is 0 Å². The summed E-state index contributed by atoms with van der Waals surface area (Å²) in [5, 5.41) is 0. The van der Waals surface area contributed by atoms with E-state index < -0.39 is 23.5 Å². The van der Waals surface area contributed by atoms with Crippen LogP contribution in [0.4, 0.5) is 4.39 Å². The summed E-state index contributed by atoms with van der Waals surface area (Å²) in [4.78, 5) is 23.8. The van der Waals surface area contributed by atoms with E-state index in [1.165, 1.54) is 38.1 Å². The minimum absolute atomic E-state index is 0.250. The van der Waals surface area contributed by atoms with Gasteiger partial charge in [-0.3, -0.25) is 0 Å². The summed E-state index contributed by atoms with van der Waals surface area (Å²) in [6.07, 6.45) is 2.02. The summed E-state index contributed by atoms with van der Waals surface area (Å²) in [6, 6.07) is 3.84. The van der Waals surface area contributed by atoms with E-state index >= 15 is 0 Å². The third kappa shape index (κ3) is 3.63. The largest absolute Gasteiger partial charge is 0.493 e. The average Bonchev–Trinajstić information content (AvgIpc) is 2.41. The Morgan fingerprint density at radius 3 is 2.45 bits per heavy atom. The minimum Gasteiger partial charge on any atom is -0.493 e. The molecular weight excluding hydrogens is 291 g/mol. The van der Waals surface area contributed by atoms with Gasteiger partial charge >= 0.3 is 11.9 Å². The number of esters is 2. The fourth-order valence-electron chi connectivity index (χ4n) is 1.90. The predicted molar refractivity (Wildman–Crippen MR) is 76.4 cm³/mol. The first-order chi connectivity index (χ1) is 10.3. The van der Waals surface area contributed by atoms with E-state index in [1.807, 2.05) is 6.92 Å². The second kappa shape index (κ2) is 6.17. The summed E-state index contributed by atoms with van der Waals surface area (Å²) in [5.41, 5.74) is 0.144. The van der Waals surface area contributed by atoms with Gasteiger partial charge in [0.2, 0.25) is 0 Å². The van der Waals surface area contributed by atoms with Crippen molar-refractivity contribution in [3.8, 4) is 5.75 Å². The van der Waals surface area contributed by atoms with Crippen LogP contribution in [0.3, 0.4) is 0 Å². The van der Waals surface area contributed by atoms with Gasteiger partial charge in [-0.1, -0.05) is 6.92 Å². The highest BCUT2D eigenvalue weighted by atomic mass is 19.1. The van der Waals surface area contributed by atoms with Crippen LogP contribution >= 0.6 is 0 Å². The van der Waals surface area contributed by atoms with Gasteiger partial charge in [-0.25, -0.2) is 14.0 Å². The van der Waals surface area contributed by atoms with Crippen LogP contribution in [0.5, 0.6) is 5.75 Å².